The fourth-order valence-corrected chi connectivity index (χ4v) is 4.19. The molecule has 3 heterocycles. The number of pyridine rings is 1. The van der Waals surface area contributed by atoms with E-state index in [2.05, 4.69) is 20.7 Å². The van der Waals surface area contributed by atoms with Crippen LogP contribution >= 0.6 is 0 Å². The van der Waals surface area contributed by atoms with E-state index in [1.165, 1.54) is 16.9 Å². The Morgan fingerprint density at radius 3 is 2.76 bits per heavy atom. The van der Waals surface area contributed by atoms with E-state index < -0.39 is 19.1 Å². The van der Waals surface area contributed by atoms with Crippen molar-refractivity contribution in [3.63, 3.8) is 0 Å². The van der Waals surface area contributed by atoms with Crippen LogP contribution in [0.15, 0.2) is 35.3 Å². The molecular formula is C24H27N7O3. The van der Waals surface area contributed by atoms with Crippen molar-refractivity contribution in [2.24, 2.45) is 13.0 Å². The second kappa shape index (κ2) is 8.12. The van der Waals surface area contributed by atoms with Crippen LogP contribution in [-0.4, -0.2) is 38.1 Å². The highest BCUT2D eigenvalue weighted by Gasteiger charge is 2.32. The smallest absolute Gasteiger partial charge is 0.350 e. The standard InChI is InChI=1S/C24H27N7O3/c1-5-19(32)15-12-25-20(27-23(33)14-9-10-14)11-17(15)26-16-7-6-8-18-21(16)29(3)13(2)22-28-30(4)24(34)31(18)22/h6-8,11-14H,5,9-10H2,1-4H3,(H2,25,26,27,33)/t13-/m1/s1/i1D3. The molecule has 1 saturated carbocycles. The van der Waals surface area contributed by atoms with Gasteiger partial charge in [0.1, 0.15) is 5.82 Å². The van der Waals surface area contributed by atoms with E-state index in [0.717, 1.165) is 12.8 Å². The summed E-state index contributed by atoms with van der Waals surface area (Å²) in [4.78, 5) is 44.3. The van der Waals surface area contributed by atoms with Crippen molar-refractivity contribution in [3.8, 4) is 5.69 Å². The van der Waals surface area contributed by atoms with Crippen LogP contribution in [0.2, 0.25) is 0 Å². The molecule has 10 nitrogen and oxygen atoms in total. The van der Waals surface area contributed by atoms with Gasteiger partial charge in [-0.15, -0.1) is 0 Å². The van der Waals surface area contributed by atoms with Crippen LogP contribution < -0.4 is 21.2 Å². The van der Waals surface area contributed by atoms with Gasteiger partial charge in [-0.05, 0) is 31.9 Å². The topological polar surface area (TPSA) is 114 Å². The Morgan fingerprint density at radius 2 is 2.03 bits per heavy atom. The minimum absolute atomic E-state index is 0.0432. The third-order valence-electron chi connectivity index (χ3n) is 6.35. The highest BCUT2D eigenvalue weighted by Crippen LogP contribution is 2.42. The normalized spacial score (nSPS) is 18.3. The summed E-state index contributed by atoms with van der Waals surface area (Å²) in [6.45, 7) is -0.520. The lowest BCUT2D eigenvalue weighted by molar-refractivity contribution is -0.117. The summed E-state index contributed by atoms with van der Waals surface area (Å²) in [7, 11) is 3.48. The Hall–Kier alpha value is -3.95. The van der Waals surface area contributed by atoms with Gasteiger partial charge < -0.3 is 15.5 Å². The predicted molar refractivity (Wildman–Crippen MR) is 129 cm³/mol. The predicted octanol–water partition coefficient (Wildman–Crippen LogP) is 3.16. The van der Waals surface area contributed by atoms with Gasteiger partial charge in [0.15, 0.2) is 11.6 Å². The zero-order valence-corrected chi connectivity index (χ0v) is 19.1. The zero-order valence-electron chi connectivity index (χ0n) is 22.1. The molecule has 0 unspecified atom stereocenters. The molecule has 0 saturated heterocycles. The summed E-state index contributed by atoms with van der Waals surface area (Å²) < 4.78 is 25.4. The molecule has 1 aliphatic carbocycles. The van der Waals surface area contributed by atoms with E-state index in [4.69, 9.17) is 4.11 Å². The van der Waals surface area contributed by atoms with E-state index >= 15 is 0 Å². The molecule has 0 bridgehead atoms. The number of carbonyl (C=O) groups excluding carboxylic acids is 2. The van der Waals surface area contributed by atoms with Gasteiger partial charge >= 0.3 is 5.69 Å². The first-order valence-corrected chi connectivity index (χ1v) is 11.1. The molecule has 3 aromatic rings. The maximum absolute atomic E-state index is 12.9. The van der Waals surface area contributed by atoms with E-state index in [0.29, 0.717) is 28.6 Å². The van der Waals surface area contributed by atoms with Crippen LogP contribution in [-0.2, 0) is 11.8 Å². The van der Waals surface area contributed by atoms with Crippen molar-refractivity contribution in [2.45, 2.75) is 39.1 Å². The lowest BCUT2D eigenvalue weighted by atomic mass is 10.1. The fraction of sp³-hybridized carbons (Fsp3) is 0.375. The minimum atomic E-state index is -2.45. The first kappa shape index (κ1) is 18.5. The van der Waals surface area contributed by atoms with E-state index in [9.17, 15) is 14.4 Å². The number of hydrogen-bond acceptors (Lipinski definition) is 7. The quantitative estimate of drug-likeness (QED) is 0.539. The molecule has 34 heavy (non-hydrogen) atoms. The maximum atomic E-state index is 12.9. The lowest BCUT2D eigenvalue weighted by Gasteiger charge is -2.35. The zero-order chi connectivity index (χ0) is 26.6. The Labute approximate surface area is 200 Å². The average Bonchev–Trinajstić information content (AvgIpc) is 3.62. The highest BCUT2D eigenvalue weighted by molar-refractivity contribution is 6.03. The number of aromatic nitrogens is 4. The van der Waals surface area contributed by atoms with Crippen molar-refractivity contribution in [2.75, 3.05) is 22.6 Å². The number of benzene rings is 1. The number of rotatable bonds is 6. The molecule has 0 spiro atoms. The van der Waals surface area contributed by atoms with Gasteiger partial charge in [0, 0.05) is 42.8 Å². The summed E-state index contributed by atoms with van der Waals surface area (Å²) in [5, 5.41) is 10.4. The number of hydrogen-bond donors (Lipinski definition) is 2. The molecule has 0 radical (unpaired) electrons. The molecule has 1 aliphatic heterocycles. The van der Waals surface area contributed by atoms with Gasteiger partial charge in [-0.1, -0.05) is 12.9 Å². The van der Waals surface area contributed by atoms with E-state index in [1.807, 2.05) is 24.9 Å². The summed E-state index contributed by atoms with van der Waals surface area (Å²) in [6.07, 6.45) is 2.27. The van der Waals surface area contributed by atoms with Crippen LogP contribution in [0.25, 0.3) is 5.69 Å². The molecular weight excluding hydrogens is 434 g/mol. The second-order valence-electron chi connectivity index (χ2n) is 8.66. The number of para-hydroxylation sites is 1. The van der Waals surface area contributed by atoms with Gasteiger partial charge in [0.05, 0.1) is 34.4 Å². The average molecular weight is 465 g/mol. The molecule has 176 valence electrons. The molecule has 2 N–H and O–H groups in total. The Morgan fingerprint density at radius 1 is 1.24 bits per heavy atom. The number of aryl methyl sites for hydroxylation is 1. The number of ketones is 1. The monoisotopic (exact) mass is 464 g/mol. The highest BCUT2D eigenvalue weighted by atomic mass is 16.2. The lowest BCUT2D eigenvalue weighted by Crippen LogP contribution is -2.34. The van der Waals surface area contributed by atoms with Crippen LogP contribution in [0.4, 0.5) is 22.9 Å². The SMILES string of the molecule is [2H]C([2H])([2H])CC(=O)c1cnc(NC(=O)C2CC2)cc1Nc1cccc2c1N(C)[C@H](C)c1nn(C)c(=O)n1-2. The number of Topliss-reactive ketones (excluding diaryl/α,β-unsaturated/α-hetero) is 1. The second-order valence-corrected chi connectivity index (χ2v) is 8.66. The van der Waals surface area contributed by atoms with Gasteiger partial charge in [0.2, 0.25) is 5.91 Å². The number of amides is 1. The number of carbonyl (C=O) groups is 2. The van der Waals surface area contributed by atoms with Crippen LogP contribution in [0.3, 0.4) is 0 Å². The van der Waals surface area contributed by atoms with Crippen LogP contribution in [0.5, 0.6) is 0 Å². The molecule has 10 heteroatoms. The van der Waals surface area contributed by atoms with Crippen molar-refractivity contribution >= 4 is 34.6 Å². The van der Waals surface area contributed by atoms with Gasteiger partial charge in [0.25, 0.3) is 0 Å². The van der Waals surface area contributed by atoms with Gasteiger partial charge in [-0.2, -0.15) is 5.10 Å². The first-order chi connectivity index (χ1) is 17.4. The summed E-state index contributed by atoms with van der Waals surface area (Å²) in [6, 6.07) is 6.68. The van der Waals surface area contributed by atoms with Crippen molar-refractivity contribution in [1.29, 1.82) is 0 Å². The van der Waals surface area contributed by atoms with E-state index in [1.54, 1.807) is 23.7 Å². The van der Waals surface area contributed by atoms with Crippen LogP contribution in [0.1, 0.15) is 59.4 Å². The third-order valence-corrected chi connectivity index (χ3v) is 6.35. The molecule has 1 amide bonds. The molecule has 5 rings (SSSR count). The number of nitrogens with zero attached hydrogens (tertiary/aromatic N) is 5. The Bertz CT molecular complexity index is 1470. The largest absolute Gasteiger partial charge is 0.361 e. The molecule has 1 fully saturated rings. The summed E-state index contributed by atoms with van der Waals surface area (Å²) in [5.74, 6) is 0.0594. The van der Waals surface area contributed by atoms with Crippen LogP contribution in [0, 0.1) is 5.92 Å². The summed E-state index contributed by atoms with van der Waals surface area (Å²) in [5.41, 5.74) is 2.01. The summed E-state index contributed by atoms with van der Waals surface area (Å²) >= 11 is 0. The molecule has 2 aliphatic rings. The molecule has 1 aromatic carbocycles. The fourth-order valence-electron chi connectivity index (χ4n) is 4.19. The van der Waals surface area contributed by atoms with Gasteiger partial charge in [-0.3, -0.25) is 9.59 Å². The minimum Gasteiger partial charge on any atom is -0.361 e. The van der Waals surface area contributed by atoms with Crippen molar-refractivity contribution in [1.82, 2.24) is 19.3 Å². The van der Waals surface area contributed by atoms with Crippen molar-refractivity contribution < 1.29 is 13.7 Å². The number of nitrogens with one attached hydrogen (secondary N) is 2. The first-order valence-electron chi connectivity index (χ1n) is 12.6. The van der Waals surface area contributed by atoms with Gasteiger partial charge in [-0.25, -0.2) is 19.0 Å². The number of anilines is 4. The molecule has 2 aromatic heterocycles. The number of fused-ring (bicyclic) bond motifs is 3. The third kappa shape index (κ3) is 3.55. The van der Waals surface area contributed by atoms with E-state index in [-0.39, 0.29) is 34.9 Å². The van der Waals surface area contributed by atoms with Crippen molar-refractivity contribution in [3.05, 3.63) is 52.3 Å². The Kier molecular flexibility index (Phi) is 4.41. The maximum Gasteiger partial charge on any atom is 0.350 e. The molecule has 1 atom stereocenters. The Balaban J connectivity index is 1.59.